The number of pyridine rings is 1. The number of ether oxygens (including phenoxy) is 3. The number of fused-ring (bicyclic) bond motifs is 5. The van der Waals surface area contributed by atoms with Gasteiger partial charge in [-0.2, -0.15) is 8.42 Å². The van der Waals surface area contributed by atoms with Crippen LogP contribution in [0, 0.1) is 29.1 Å². The number of ketones is 1. The zero-order chi connectivity index (χ0) is 48.2. The van der Waals surface area contributed by atoms with Crippen LogP contribution in [0.2, 0.25) is 0 Å². The molecule has 7 atom stereocenters. The molecule has 7 aliphatic rings. The summed E-state index contributed by atoms with van der Waals surface area (Å²) in [5.74, 6) is -1.20. The molecular formula is C51H70N4O11S2. The van der Waals surface area contributed by atoms with Crippen molar-refractivity contribution in [3.8, 4) is 11.6 Å². The smallest absolute Gasteiger partial charge is 0.335 e. The Balaban J connectivity index is 0.00000203. The first kappa shape index (κ1) is 50.2. The minimum atomic E-state index is -3.96. The van der Waals surface area contributed by atoms with E-state index in [-0.39, 0.29) is 68.0 Å². The van der Waals surface area contributed by atoms with Crippen molar-refractivity contribution < 1.29 is 50.2 Å². The van der Waals surface area contributed by atoms with Crippen LogP contribution in [0.1, 0.15) is 141 Å². The highest BCUT2D eigenvalue weighted by molar-refractivity contribution is 7.91. The molecular weight excluding hydrogens is 909 g/mol. The number of sulfonamides is 1. The molecule has 1 aromatic heterocycles. The van der Waals surface area contributed by atoms with Crippen molar-refractivity contribution in [3.63, 3.8) is 0 Å². The summed E-state index contributed by atoms with van der Waals surface area (Å²) in [7, 11) is -3.96. The molecule has 0 radical (unpaired) electrons. The third-order valence-corrected chi connectivity index (χ3v) is 18.4. The van der Waals surface area contributed by atoms with E-state index in [1.165, 1.54) is 0 Å². The number of carbonyl (C=O) groups is 4. The number of benzene rings is 1. The second-order valence-corrected chi connectivity index (χ2v) is 23.3. The summed E-state index contributed by atoms with van der Waals surface area (Å²) < 4.78 is 64.6. The van der Waals surface area contributed by atoms with Crippen LogP contribution in [0.4, 0.5) is 0 Å². The molecule has 0 spiro atoms. The molecule has 2 bridgehead atoms. The maximum Gasteiger partial charge on any atom is 0.335 e. The Morgan fingerprint density at radius 1 is 0.971 bits per heavy atom. The molecule has 4 saturated carbocycles. The van der Waals surface area contributed by atoms with Gasteiger partial charge in [-0.05, 0) is 120 Å². The molecule has 4 aliphatic carbocycles. The van der Waals surface area contributed by atoms with Gasteiger partial charge in [0.25, 0.3) is 0 Å². The maximum atomic E-state index is 15.2. The summed E-state index contributed by atoms with van der Waals surface area (Å²) in [6, 6.07) is 7.04. The van der Waals surface area contributed by atoms with Gasteiger partial charge in [0.1, 0.15) is 24.1 Å². The first-order valence-corrected chi connectivity index (χ1v) is 27.5. The SMILES string of the molecule is C=C[C@@H]1C[C@]1(CC(=O)[C@@H]1C[C@@H]2CN1C(=O)[C@H](C1CCCCC1)CC(=O)O[C@@H]1C[C@H]1CCCCCc1c(nc3ccccc3c1OC1CCN(CCC)CC1)O2)C(=O)NS(=O)(=O)C1(C)CC1.O=S=O. The maximum absolute atomic E-state index is 15.2. The van der Waals surface area contributed by atoms with Crippen molar-refractivity contribution in [3.05, 3.63) is 42.5 Å². The molecule has 15 nitrogen and oxygen atoms in total. The number of amides is 2. The summed E-state index contributed by atoms with van der Waals surface area (Å²) in [5, 5.41) is 0.935. The van der Waals surface area contributed by atoms with Crippen molar-refractivity contribution in [1.82, 2.24) is 19.5 Å². The lowest BCUT2D eigenvalue weighted by atomic mass is 9.77. The number of hydrogen-bond acceptors (Lipinski definition) is 13. The van der Waals surface area contributed by atoms with Gasteiger partial charge in [-0.15, -0.1) is 6.58 Å². The molecule has 2 amide bonds. The number of piperidine rings is 1. The first-order valence-electron chi connectivity index (χ1n) is 25.3. The van der Waals surface area contributed by atoms with E-state index in [1.807, 2.05) is 18.2 Å². The molecule has 68 heavy (non-hydrogen) atoms. The zero-order valence-electron chi connectivity index (χ0n) is 39.8. The van der Waals surface area contributed by atoms with Gasteiger partial charge in [0.15, 0.2) is 5.78 Å². The monoisotopic (exact) mass is 978 g/mol. The van der Waals surface area contributed by atoms with Gasteiger partial charge in [0.2, 0.25) is 27.7 Å². The van der Waals surface area contributed by atoms with Gasteiger partial charge in [0.05, 0.1) is 46.2 Å². The molecule has 17 heteroatoms. The molecule has 0 unspecified atom stereocenters. The Kier molecular flexibility index (Phi) is 15.8. The van der Waals surface area contributed by atoms with Gasteiger partial charge in [-0.3, -0.25) is 23.9 Å². The van der Waals surface area contributed by atoms with Gasteiger partial charge in [-0.1, -0.05) is 57.2 Å². The predicted molar refractivity (Wildman–Crippen MR) is 255 cm³/mol. The fraction of sp³-hybridized carbons (Fsp3) is 0.706. The first-order chi connectivity index (χ1) is 32.7. The third kappa shape index (κ3) is 11.2. The Bertz CT molecular complexity index is 2360. The normalized spacial score (nSPS) is 30.1. The van der Waals surface area contributed by atoms with Crippen molar-refractivity contribution in [2.45, 2.75) is 171 Å². The number of para-hydroxylation sites is 1. The number of hydrogen-bond donors (Lipinski definition) is 1. The highest BCUT2D eigenvalue weighted by Gasteiger charge is 2.62. The molecule has 3 aliphatic heterocycles. The summed E-state index contributed by atoms with van der Waals surface area (Å²) in [6.45, 7) is 10.9. The van der Waals surface area contributed by atoms with E-state index in [9.17, 15) is 22.8 Å². The van der Waals surface area contributed by atoms with Crippen LogP contribution in [-0.2, 0) is 51.9 Å². The van der Waals surface area contributed by atoms with Crippen LogP contribution < -0.4 is 14.2 Å². The molecule has 1 N–H and O–H groups in total. The number of Topliss-reactive ketones (excluding diaryl/α,β-unsaturated/α-hetero) is 1. The average molecular weight is 979 g/mol. The third-order valence-electron chi connectivity index (χ3n) is 16.2. The van der Waals surface area contributed by atoms with E-state index in [2.05, 4.69) is 29.2 Å². The van der Waals surface area contributed by atoms with Crippen LogP contribution in [0.5, 0.6) is 11.6 Å². The second kappa shape index (κ2) is 21.4. The fourth-order valence-electron chi connectivity index (χ4n) is 11.5. The molecule has 9 rings (SSSR count). The highest BCUT2D eigenvalue weighted by atomic mass is 32.2. The van der Waals surface area contributed by atoms with Crippen molar-refractivity contribution in [2.24, 2.45) is 29.1 Å². The number of allylic oxidation sites excluding steroid dienone is 1. The Hall–Kier alpha value is -4.22. The summed E-state index contributed by atoms with van der Waals surface area (Å²) in [4.78, 5) is 67.2. The minimum absolute atomic E-state index is 0.0346. The summed E-state index contributed by atoms with van der Waals surface area (Å²) >= 11 is -0.750. The van der Waals surface area contributed by atoms with E-state index in [4.69, 9.17) is 27.6 Å². The van der Waals surface area contributed by atoms with Gasteiger partial charge < -0.3 is 24.0 Å². The van der Waals surface area contributed by atoms with E-state index < -0.39 is 61.6 Å². The highest BCUT2D eigenvalue weighted by Crippen LogP contribution is 2.57. The van der Waals surface area contributed by atoms with E-state index in [0.29, 0.717) is 31.1 Å². The van der Waals surface area contributed by atoms with E-state index in [1.54, 1.807) is 17.9 Å². The van der Waals surface area contributed by atoms with Crippen LogP contribution in [0.25, 0.3) is 10.9 Å². The number of aromatic nitrogens is 1. The number of rotatable bonds is 12. The lowest BCUT2D eigenvalue weighted by Gasteiger charge is -2.34. The molecule has 1 aromatic carbocycles. The van der Waals surface area contributed by atoms with Crippen LogP contribution in [0.15, 0.2) is 36.9 Å². The molecule has 2 saturated heterocycles. The number of esters is 1. The number of nitrogens with one attached hydrogen (secondary N) is 1. The zero-order valence-corrected chi connectivity index (χ0v) is 41.5. The van der Waals surface area contributed by atoms with Crippen LogP contribution >= 0.6 is 0 Å². The van der Waals surface area contributed by atoms with Gasteiger partial charge in [0, 0.05) is 31.3 Å². The molecule has 4 heterocycles. The van der Waals surface area contributed by atoms with Crippen molar-refractivity contribution in [2.75, 3.05) is 26.2 Å². The lowest BCUT2D eigenvalue weighted by Crippen LogP contribution is -2.48. The van der Waals surface area contributed by atoms with Gasteiger partial charge >= 0.3 is 17.5 Å². The van der Waals surface area contributed by atoms with Crippen molar-refractivity contribution in [1.29, 1.82) is 0 Å². The van der Waals surface area contributed by atoms with E-state index in [0.717, 1.165) is 125 Å². The van der Waals surface area contributed by atoms with Crippen LogP contribution in [0.3, 0.4) is 0 Å². The Morgan fingerprint density at radius 2 is 1.66 bits per heavy atom. The molecule has 372 valence electrons. The standard InChI is InChI=1S/C51H70N4O9S.O2S/c1-4-24-54-25-20-36(21-26-54)62-46-38-17-12-13-19-41(38)52-47-39(46)18-11-7-10-16-34-27-44(34)64-45(57)29-40(33-14-8-6-9-15-33)48(58)55-32-37(63-47)28-42(55)43(56)31-51(30-35(51)5-2)49(59)53-65(60,61)50(3)22-23-50;1-3-2/h5,12-13,17,19,33-37,40,42,44H,2,4,6-11,14-16,18,20-32H2,1,3H3,(H,53,59);/t34-,35-,37-,40+,42+,44-,51-;/m1./s1. The largest absolute Gasteiger partial charge is 0.489 e. The summed E-state index contributed by atoms with van der Waals surface area (Å²) in [5.41, 5.74) is 0.351. The molecule has 2 aromatic rings. The van der Waals surface area contributed by atoms with Crippen LogP contribution in [-0.4, -0.2) is 110 Å². The average Bonchev–Trinajstić information content (AvgIpc) is 4.29. The Morgan fingerprint density at radius 3 is 2.34 bits per heavy atom. The predicted octanol–water partition coefficient (Wildman–Crippen LogP) is 6.95. The number of likely N-dealkylation sites (tertiary alicyclic amines) is 1. The molecule has 6 fully saturated rings. The number of nitrogens with zero attached hydrogens (tertiary/aromatic N) is 3. The lowest BCUT2D eigenvalue weighted by molar-refractivity contribution is -0.153. The number of carbonyl (C=O) groups excluding carboxylic acids is 4. The van der Waals surface area contributed by atoms with Crippen molar-refractivity contribution >= 4 is 56.1 Å². The Labute approximate surface area is 404 Å². The fourth-order valence-corrected chi connectivity index (χ4v) is 12.9. The minimum Gasteiger partial charge on any atom is -0.489 e. The van der Waals surface area contributed by atoms with Gasteiger partial charge in [-0.25, -0.2) is 13.4 Å². The topological polar surface area (TPSA) is 196 Å². The summed E-state index contributed by atoms with van der Waals surface area (Å²) in [6.07, 6.45) is 14.9. The quantitative estimate of drug-likeness (QED) is 0.170. The van der Waals surface area contributed by atoms with E-state index >= 15 is 4.79 Å². The second-order valence-electron chi connectivity index (χ2n) is 21.0.